The first-order valence-corrected chi connectivity index (χ1v) is 3.61. The third-order valence-corrected chi connectivity index (χ3v) is 1.64. The van der Waals surface area contributed by atoms with Gasteiger partial charge in [0.2, 0.25) is 0 Å². The van der Waals surface area contributed by atoms with E-state index in [9.17, 15) is 13.2 Å². The van der Waals surface area contributed by atoms with Crippen LogP contribution in [0, 0.1) is 5.92 Å². The molecule has 1 rings (SSSR count). The average Bonchev–Trinajstić information content (AvgIpc) is 2.30. The number of nitrogens with zero attached hydrogens (tertiary/aromatic N) is 2. The fraction of sp³-hybridized carbons (Fsp3) is 0.714. The Kier molecular flexibility index (Phi) is 2.21. The van der Waals surface area contributed by atoms with Gasteiger partial charge in [0.05, 0.1) is 0 Å². The van der Waals surface area contributed by atoms with Crippen LogP contribution in [0.5, 0.6) is 0 Å². The predicted octanol–water partition coefficient (Wildman–Crippen LogP) is 2.41. The molecule has 0 saturated carbocycles. The maximum Gasteiger partial charge on any atom is 0.431 e. The zero-order valence-electron chi connectivity index (χ0n) is 6.81. The molecule has 0 saturated heterocycles. The molecule has 0 unspecified atom stereocenters. The molecule has 1 heterocycles. The van der Waals surface area contributed by atoms with Crippen LogP contribution in [-0.4, -0.2) is 17.6 Å². The van der Waals surface area contributed by atoms with Crippen molar-refractivity contribution >= 4 is 11.4 Å². The normalized spacial score (nSPS) is 18.2. The van der Waals surface area contributed by atoms with Gasteiger partial charge in [-0.15, -0.1) is 0 Å². The zero-order valence-corrected chi connectivity index (χ0v) is 6.81. The monoisotopic (exact) mass is 178 g/mol. The molecule has 0 aromatic rings. The summed E-state index contributed by atoms with van der Waals surface area (Å²) in [7, 11) is 0. The topological polar surface area (TPSA) is 24.7 Å². The molecule has 5 heteroatoms. The summed E-state index contributed by atoms with van der Waals surface area (Å²) in [4.78, 5) is 0. The fourth-order valence-electron chi connectivity index (χ4n) is 0.843. The van der Waals surface area contributed by atoms with Crippen molar-refractivity contribution in [3.63, 3.8) is 0 Å². The highest BCUT2D eigenvalue weighted by atomic mass is 19.4. The number of alkyl halides is 3. The lowest BCUT2D eigenvalue weighted by Crippen LogP contribution is -2.23. The van der Waals surface area contributed by atoms with Crippen molar-refractivity contribution in [3.8, 4) is 0 Å². The number of halogens is 3. The second kappa shape index (κ2) is 2.88. The summed E-state index contributed by atoms with van der Waals surface area (Å²) in [5.41, 5.74) is -0.284. The summed E-state index contributed by atoms with van der Waals surface area (Å²) >= 11 is 0. The van der Waals surface area contributed by atoms with E-state index in [1.165, 1.54) is 0 Å². The third-order valence-electron chi connectivity index (χ3n) is 1.64. The molecule has 0 aromatic heterocycles. The molecule has 0 radical (unpaired) electrons. The molecule has 12 heavy (non-hydrogen) atoms. The number of hydrogen-bond donors (Lipinski definition) is 0. The van der Waals surface area contributed by atoms with Crippen LogP contribution in [0.3, 0.4) is 0 Å². The second-order valence-electron chi connectivity index (χ2n) is 2.97. The van der Waals surface area contributed by atoms with Crippen molar-refractivity contribution in [2.45, 2.75) is 26.4 Å². The molecule has 0 bridgehead atoms. The van der Waals surface area contributed by atoms with Gasteiger partial charge in [0.25, 0.3) is 0 Å². The molecule has 2 nitrogen and oxygen atoms in total. The molecule has 0 aromatic carbocycles. The first-order valence-electron chi connectivity index (χ1n) is 3.61. The van der Waals surface area contributed by atoms with Gasteiger partial charge < -0.3 is 0 Å². The van der Waals surface area contributed by atoms with Gasteiger partial charge in [-0.2, -0.15) is 23.4 Å². The minimum absolute atomic E-state index is 0.0357. The Morgan fingerprint density at radius 1 is 1.25 bits per heavy atom. The Hall–Kier alpha value is -0.870. The van der Waals surface area contributed by atoms with E-state index in [1.54, 1.807) is 13.8 Å². The van der Waals surface area contributed by atoms with Gasteiger partial charge >= 0.3 is 6.18 Å². The summed E-state index contributed by atoms with van der Waals surface area (Å²) in [5, 5.41) is 6.56. The van der Waals surface area contributed by atoms with Gasteiger partial charge in [0.1, 0.15) is 5.71 Å². The largest absolute Gasteiger partial charge is 0.431 e. The van der Waals surface area contributed by atoms with Crippen molar-refractivity contribution in [1.29, 1.82) is 0 Å². The lowest BCUT2D eigenvalue weighted by Gasteiger charge is -2.06. The van der Waals surface area contributed by atoms with Gasteiger partial charge in [-0.1, -0.05) is 13.8 Å². The molecule has 1 aliphatic rings. The van der Waals surface area contributed by atoms with E-state index in [2.05, 4.69) is 10.2 Å². The Balaban J connectivity index is 2.62. The number of rotatable bonds is 1. The molecule has 0 aliphatic carbocycles. The van der Waals surface area contributed by atoms with Gasteiger partial charge in [-0.25, -0.2) is 0 Å². The van der Waals surface area contributed by atoms with Gasteiger partial charge in [-0.3, -0.25) is 0 Å². The van der Waals surface area contributed by atoms with Crippen LogP contribution >= 0.6 is 0 Å². The van der Waals surface area contributed by atoms with E-state index in [0.29, 0.717) is 5.71 Å². The Morgan fingerprint density at radius 3 is 2.08 bits per heavy atom. The standard InChI is InChI=1S/C7H9F3N2/c1-4(2)5-3-6(12-11-5)7(8,9)10/h4H,3H2,1-2H3. The minimum atomic E-state index is -4.32. The molecule has 68 valence electrons. The average molecular weight is 178 g/mol. The SMILES string of the molecule is CC(C)C1=NN=C(C(F)(F)F)C1. The molecule has 0 N–H and O–H groups in total. The highest BCUT2D eigenvalue weighted by Gasteiger charge is 2.38. The van der Waals surface area contributed by atoms with Crippen LogP contribution in [0.15, 0.2) is 10.2 Å². The maximum atomic E-state index is 12.0. The van der Waals surface area contributed by atoms with Crippen LogP contribution in [0.25, 0.3) is 0 Å². The second-order valence-corrected chi connectivity index (χ2v) is 2.97. The first kappa shape index (κ1) is 9.22. The zero-order chi connectivity index (χ0) is 9.35. The Labute approximate surface area is 68.2 Å². The quantitative estimate of drug-likeness (QED) is 0.589. The van der Waals surface area contributed by atoms with Crippen molar-refractivity contribution < 1.29 is 13.2 Å². The lowest BCUT2D eigenvalue weighted by molar-refractivity contribution is -0.0596. The summed E-state index contributed by atoms with van der Waals surface area (Å²) in [6, 6.07) is 0. The van der Waals surface area contributed by atoms with Crippen molar-refractivity contribution in [1.82, 2.24) is 0 Å². The minimum Gasteiger partial charge on any atom is -0.165 e. The van der Waals surface area contributed by atoms with E-state index < -0.39 is 11.9 Å². The summed E-state index contributed by atoms with van der Waals surface area (Å²) in [5.74, 6) is 0.0357. The van der Waals surface area contributed by atoms with Gasteiger partial charge in [0, 0.05) is 12.1 Å². The molecule has 0 atom stereocenters. The van der Waals surface area contributed by atoms with Crippen LogP contribution < -0.4 is 0 Å². The molecule has 0 fully saturated rings. The van der Waals surface area contributed by atoms with E-state index in [0.717, 1.165) is 0 Å². The van der Waals surface area contributed by atoms with Crippen molar-refractivity contribution in [2.24, 2.45) is 16.1 Å². The predicted molar refractivity (Wildman–Crippen MR) is 40.4 cm³/mol. The Morgan fingerprint density at radius 2 is 1.83 bits per heavy atom. The van der Waals surface area contributed by atoms with Crippen molar-refractivity contribution in [3.05, 3.63) is 0 Å². The fourth-order valence-corrected chi connectivity index (χ4v) is 0.843. The molecule has 0 amide bonds. The van der Waals surface area contributed by atoms with Crippen LogP contribution in [0.4, 0.5) is 13.2 Å². The highest BCUT2D eigenvalue weighted by molar-refractivity contribution is 6.10. The van der Waals surface area contributed by atoms with Crippen LogP contribution in [0.1, 0.15) is 20.3 Å². The molecular weight excluding hydrogens is 169 g/mol. The number of hydrogen-bond acceptors (Lipinski definition) is 2. The van der Waals surface area contributed by atoms with E-state index in [1.807, 2.05) is 0 Å². The maximum absolute atomic E-state index is 12.0. The van der Waals surface area contributed by atoms with Gasteiger partial charge in [0.15, 0.2) is 0 Å². The summed E-state index contributed by atoms with van der Waals surface area (Å²) < 4.78 is 36.0. The van der Waals surface area contributed by atoms with E-state index in [-0.39, 0.29) is 12.3 Å². The van der Waals surface area contributed by atoms with Gasteiger partial charge in [-0.05, 0) is 5.92 Å². The molecule has 1 aliphatic heterocycles. The molecular formula is C7H9F3N2. The third kappa shape index (κ3) is 1.84. The first-order chi connectivity index (χ1) is 5.41. The van der Waals surface area contributed by atoms with E-state index >= 15 is 0 Å². The molecule has 0 spiro atoms. The Bertz CT molecular complexity index is 238. The smallest absolute Gasteiger partial charge is 0.165 e. The summed E-state index contributed by atoms with van der Waals surface area (Å²) in [6.07, 6.45) is -4.47. The van der Waals surface area contributed by atoms with E-state index in [4.69, 9.17) is 0 Å². The van der Waals surface area contributed by atoms with Crippen LogP contribution in [0.2, 0.25) is 0 Å². The lowest BCUT2D eigenvalue weighted by atomic mass is 10.0. The highest BCUT2D eigenvalue weighted by Crippen LogP contribution is 2.24. The van der Waals surface area contributed by atoms with Crippen molar-refractivity contribution in [2.75, 3.05) is 0 Å². The van der Waals surface area contributed by atoms with Crippen LogP contribution in [-0.2, 0) is 0 Å². The summed E-state index contributed by atoms with van der Waals surface area (Å²) in [6.45, 7) is 3.60.